The van der Waals surface area contributed by atoms with Crippen LogP contribution in [0.4, 0.5) is 0 Å². The van der Waals surface area contributed by atoms with Gasteiger partial charge >= 0.3 is 0 Å². The molecule has 2 rings (SSSR count). The van der Waals surface area contributed by atoms with Gasteiger partial charge in [-0.15, -0.1) is 0 Å². The summed E-state index contributed by atoms with van der Waals surface area (Å²) in [6.45, 7) is 2.21. The molecule has 102 valence electrons. The molecule has 0 aromatic heterocycles. The van der Waals surface area contributed by atoms with E-state index in [1.165, 1.54) is 37.7 Å². The molecule has 19 heavy (non-hydrogen) atoms. The minimum Gasteiger partial charge on any atom is -0.299 e. The van der Waals surface area contributed by atoms with E-state index in [0.29, 0.717) is 12.0 Å². The fourth-order valence-electron chi connectivity index (χ4n) is 2.98. The van der Waals surface area contributed by atoms with Crippen LogP contribution in [0.2, 0.25) is 0 Å². The lowest BCUT2D eigenvalue weighted by atomic mass is 9.91. The van der Waals surface area contributed by atoms with Crippen LogP contribution in [0.5, 0.6) is 0 Å². The van der Waals surface area contributed by atoms with Crippen LogP contribution >= 0.6 is 0 Å². The van der Waals surface area contributed by atoms with Gasteiger partial charge in [0.1, 0.15) is 0 Å². The maximum atomic E-state index is 9.34. The molecule has 1 aromatic carbocycles. The lowest BCUT2D eigenvalue weighted by Crippen LogP contribution is -2.39. The first-order valence-corrected chi connectivity index (χ1v) is 7.50. The SMILES string of the molecule is CC(CC(C#N)NC1CCCCC1)c1ccccc1. The fraction of sp³-hybridized carbons (Fsp3) is 0.588. The third-order valence-electron chi connectivity index (χ3n) is 4.16. The molecular formula is C17H24N2. The van der Waals surface area contributed by atoms with Crippen LogP contribution in [-0.4, -0.2) is 12.1 Å². The molecule has 0 saturated heterocycles. The molecule has 0 aliphatic heterocycles. The van der Waals surface area contributed by atoms with Crippen LogP contribution in [0.25, 0.3) is 0 Å². The molecule has 1 aliphatic rings. The Morgan fingerprint density at radius 1 is 1.21 bits per heavy atom. The molecule has 1 N–H and O–H groups in total. The first-order valence-electron chi connectivity index (χ1n) is 7.50. The Kier molecular flexibility index (Phi) is 5.42. The monoisotopic (exact) mass is 256 g/mol. The van der Waals surface area contributed by atoms with E-state index in [4.69, 9.17) is 0 Å². The number of benzene rings is 1. The number of rotatable bonds is 5. The van der Waals surface area contributed by atoms with Crippen LogP contribution in [0.3, 0.4) is 0 Å². The Morgan fingerprint density at radius 3 is 2.53 bits per heavy atom. The molecule has 1 saturated carbocycles. The molecule has 2 unspecified atom stereocenters. The van der Waals surface area contributed by atoms with E-state index >= 15 is 0 Å². The highest BCUT2D eigenvalue weighted by molar-refractivity contribution is 5.19. The highest BCUT2D eigenvalue weighted by atomic mass is 14.9. The van der Waals surface area contributed by atoms with Gasteiger partial charge < -0.3 is 0 Å². The lowest BCUT2D eigenvalue weighted by molar-refractivity contribution is 0.346. The molecule has 2 heteroatoms. The average molecular weight is 256 g/mol. The van der Waals surface area contributed by atoms with Crippen molar-refractivity contribution in [2.75, 3.05) is 0 Å². The van der Waals surface area contributed by atoms with Gasteiger partial charge in [0.15, 0.2) is 0 Å². The zero-order chi connectivity index (χ0) is 13.5. The molecule has 2 nitrogen and oxygen atoms in total. The molecule has 0 heterocycles. The Morgan fingerprint density at radius 2 is 1.89 bits per heavy atom. The minimum absolute atomic E-state index is 0.0155. The second kappa shape index (κ2) is 7.31. The number of nitrogens with zero attached hydrogens (tertiary/aromatic N) is 1. The second-order valence-electron chi connectivity index (χ2n) is 5.73. The zero-order valence-corrected chi connectivity index (χ0v) is 11.8. The highest BCUT2D eigenvalue weighted by Gasteiger charge is 2.19. The summed E-state index contributed by atoms with van der Waals surface area (Å²) in [5.41, 5.74) is 1.33. The van der Waals surface area contributed by atoms with Crippen molar-refractivity contribution >= 4 is 0 Å². The zero-order valence-electron chi connectivity index (χ0n) is 11.8. The Bertz CT molecular complexity index is 401. The first-order chi connectivity index (χ1) is 9.29. The van der Waals surface area contributed by atoms with Gasteiger partial charge in [-0.2, -0.15) is 5.26 Å². The Labute approximate surface area is 116 Å². The Hall–Kier alpha value is -1.33. The van der Waals surface area contributed by atoms with Crippen molar-refractivity contribution in [2.24, 2.45) is 0 Å². The van der Waals surface area contributed by atoms with Crippen molar-refractivity contribution in [1.82, 2.24) is 5.32 Å². The van der Waals surface area contributed by atoms with Gasteiger partial charge in [0.25, 0.3) is 0 Å². The number of hydrogen-bond acceptors (Lipinski definition) is 2. The van der Waals surface area contributed by atoms with E-state index in [1.54, 1.807) is 0 Å². The van der Waals surface area contributed by atoms with Gasteiger partial charge in [-0.25, -0.2) is 0 Å². The largest absolute Gasteiger partial charge is 0.299 e. The van der Waals surface area contributed by atoms with Crippen LogP contribution in [0, 0.1) is 11.3 Å². The van der Waals surface area contributed by atoms with Crippen molar-refractivity contribution in [3.05, 3.63) is 35.9 Å². The molecule has 2 atom stereocenters. The summed E-state index contributed by atoms with van der Waals surface area (Å²) >= 11 is 0. The third-order valence-corrected chi connectivity index (χ3v) is 4.16. The Balaban J connectivity index is 1.86. The topological polar surface area (TPSA) is 35.8 Å². The molecule has 0 amide bonds. The average Bonchev–Trinajstić information content (AvgIpc) is 2.48. The van der Waals surface area contributed by atoms with Crippen molar-refractivity contribution in [1.29, 1.82) is 5.26 Å². The summed E-state index contributed by atoms with van der Waals surface area (Å²) in [6.07, 6.45) is 7.34. The molecule has 1 aromatic rings. The van der Waals surface area contributed by atoms with Gasteiger partial charge in [-0.1, -0.05) is 56.5 Å². The van der Waals surface area contributed by atoms with Crippen LogP contribution in [0.15, 0.2) is 30.3 Å². The lowest BCUT2D eigenvalue weighted by Gasteiger charge is -2.26. The van der Waals surface area contributed by atoms with E-state index in [2.05, 4.69) is 42.6 Å². The molecular weight excluding hydrogens is 232 g/mol. The van der Waals surface area contributed by atoms with E-state index in [-0.39, 0.29) is 6.04 Å². The van der Waals surface area contributed by atoms with Crippen molar-refractivity contribution in [3.8, 4) is 6.07 Å². The molecule has 0 bridgehead atoms. The highest BCUT2D eigenvalue weighted by Crippen LogP contribution is 2.22. The standard InChI is InChI=1S/C17H24N2/c1-14(15-8-4-2-5-9-15)12-17(13-18)19-16-10-6-3-7-11-16/h2,4-5,8-9,14,16-17,19H,3,6-7,10-12H2,1H3. The van der Waals surface area contributed by atoms with E-state index in [9.17, 15) is 5.26 Å². The van der Waals surface area contributed by atoms with Crippen molar-refractivity contribution in [2.45, 2.75) is 63.5 Å². The van der Waals surface area contributed by atoms with Crippen molar-refractivity contribution in [3.63, 3.8) is 0 Å². The molecule has 0 spiro atoms. The smallest absolute Gasteiger partial charge is 0.0960 e. The molecule has 0 radical (unpaired) electrons. The maximum absolute atomic E-state index is 9.34. The van der Waals surface area contributed by atoms with Crippen LogP contribution < -0.4 is 5.32 Å². The summed E-state index contributed by atoms with van der Waals surface area (Å²) in [5.74, 6) is 0.432. The summed E-state index contributed by atoms with van der Waals surface area (Å²) < 4.78 is 0. The normalized spacial score (nSPS) is 19.6. The molecule has 1 aliphatic carbocycles. The summed E-state index contributed by atoms with van der Waals surface area (Å²) in [7, 11) is 0. The summed E-state index contributed by atoms with van der Waals surface area (Å²) in [4.78, 5) is 0. The van der Waals surface area contributed by atoms with Crippen LogP contribution in [-0.2, 0) is 0 Å². The first kappa shape index (κ1) is 14.1. The quantitative estimate of drug-likeness (QED) is 0.864. The maximum Gasteiger partial charge on any atom is 0.0960 e. The minimum atomic E-state index is -0.0155. The number of nitrogens with one attached hydrogen (secondary N) is 1. The van der Waals surface area contributed by atoms with E-state index in [1.807, 2.05) is 6.07 Å². The number of hydrogen-bond donors (Lipinski definition) is 1. The van der Waals surface area contributed by atoms with Gasteiger partial charge in [0.05, 0.1) is 12.1 Å². The van der Waals surface area contributed by atoms with Gasteiger partial charge in [0.2, 0.25) is 0 Å². The van der Waals surface area contributed by atoms with E-state index < -0.39 is 0 Å². The van der Waals surface area contributed by atoms with Gasteiger partial charge in [-0.3, -0.25) is 5.32 Å². The van der Waals surface area contributed by atoms with Gasteiger partial charge in [-0.05, 0) is 30.7 Å². The third kappa shape index (κ3) is 4.36. The predicted molar refractivity (Wildman–Crippen MR) is 78.9 cm³/mol. The van der Waals surface area contributed by atoms with E-state index in [0.717, 1.165) is 6.42 Å². The second-order valence-corrected chi connectivity index (χ2v) is 5.73. The summed E-state index contributed by atoms with van der Waals surface area (Å²) in [5, 5.41) is 12.9. The fourth-order valence-corrected chi connectivity index (χ4v) is 2.98. The van der Waals surface area contributed by atoms with Crippen LogP contribution in [0.1, 0.15) is 56.9 Å². The van der Waals surface area contributed by atoms with Gasteiger partial charge in [0, 0.05) is 6.04 Å². The summed E-state index contributed by atoms with van der Waals surface area (Å²) in [6, 6.07) is 13.5. The number of nitriles is 1. The predicted octanol–water partition coefficient (Wildman–Crippen LogP) is 3.99. The molecule has 1 fully saturated rings. The van der Waals surface area contributed by atoms with Crippen molar-refractivity contribution < 1.29 is 0 Å².